The lowest BCUT2D eigenvalue weighted by Gasteiger charge is -2.29. The summed E-state index contributed by atoms with van der Waals surface area (Å²) in [5, 5.41) is 3.00. The Hall–Kier alpha value is -1.55. The second-order valence-corrected chi connectivity index (χ2v) is 5.69. The van der Waals surface area contributed by atoms with Gasteiger partial charge in [-0.2, -0.15) is 0 Å². The predicted molar refractivity (Wildman–Crippen MR) is 83.9 cm³/mol. The molecule has 1 saturated carbocycles. The number of nitrogens with two attached hydrogens (primary N) is 1. The molecule has 1 aromatic rings. The molecule has 1 unspecified atom stereocenters. The Bertz CT molecular complexity index is 455. The fraction of sp³-hybridized carbons (Fsp3) is 0.562. The predicted octanol–water partition coefficient (Wildman–Crippen LogP) is 2.60. The SMILES string of the molecule is CC(CN)C(=O)Nc1ccccc1N(C)C1CCCC1. The molecule has 0 aliphatic heterocycles. The summed E-state index contributed by atoms with van der Waals surface area (Å²) in [5.41, 5.74) is 7.53. The molecule has 0 saturated heterocycles. The van der Waals surface area contributed by atoms with E-state index in [1.807, 2.05) is 25.1 Å². The average Bonchev–Trinajstić information content (AvgIpc) is 3.00. The molecule has 4 nitrogen and oxygen atoms in total. The summed E-state index contributed by atoms with van der Waals surface area (Å²) >= 11 is 0. The van der Waals surface area contributed by atoms with Gasteiger partial charge in [-0.3, -0.25) is 4.79 Å². The van der Waals surface area contributed by atoms with Crippen molar-refractivity contribution in [3.05, 3.63) is 24.3 Å². The van der Waals surface area contributed by atoms with E-state index in [9.17, 15) is 4.79 Å². The zero-order valence-corrected chi connectivity index (χ0v) is 12.4. The van der Waals surface area contributed by atoms with Gasteiger partial charge in [0.25, 0.3) is 0 Å². The molecule has 0 heterocycles. The van der Waals surface area contributed by atoms with Crippen LogP contribution in [0.25, 0.3) is 0 Å². The highest BCUT2D eigenvalue weighted by Crippen LogP contribution is 2.31. The van der Waals surface area contributed by atoms with E-state index >= 15 is 0 Å². The smallest absolute Gasteiger partial charge is 0.228 e. The van der Waals surface area contributed by atoms with Crippen molar-refractivity contribution in [3.8, 4) is 0 Å². The number of nitrogens with zero attached hydrogens (tertiary/aromatic N) is 1. The quantitative estimate of drug-likeness (QED) is 0.868. The lowest BCUT2D eigenvalue weighted by Crippen LogP contribution is -2.31. The number of carbonyl (C=O) groups is 1. The fourth-order valence-electron chi connectivity index (χ4n) is 2.74. The maximum atomic E-state index is 12.0. The highest BCUT2D eigenvalue weighted by Gasteiger charge is 2.22. The van der Waals surface area contributed by atoms with Crippen LogP contribution in [0.2, 0.25) is 0 Å². The van der Waals surface area contributed by atoms with Gasteiger partial charge in [0.15, 0.2) is 0 Å². The van der Waals surface area contributed by atoms with Gasteiger partial charge in [-0.15, -0.1) is 0 Å². The molecule has 0 spiro atoms. The summed E-state index contributed by atoms with van der Waals surface area (Å²) in [6.45, 7) is 2.21. The zero-order valence-electron chi connectivity index (χ0n) is 12.4. The summed E-state index contributed by atoms with van der Waals surface area (Å²) in [4.78, 5) is 14.3. The van der Waals surface area contributed by atoms with Gasteiger partial charge in [-0.1, -0.05) is 31.9 Å². The Labute approximate surface area is 121 Å². The number of hydrogen-bond donors (Lipinski definition) is 2. The molecule has 0 aromatic heterocycles. The van der Waals surface area contributed by atoms with Gasteiger partial charge in [-0.25, -0.2) is 0 Å². The summed E-state index contributed by atoms with van der Waals surface area (Å²) < 4.78 is 0. The van der Waals surface area contributed by atoms with E-state index in [1.165, 1.54) is 25.7 Å². The van der Waals surface area contributed by atoms with Crippen molar-refractivity contribution >= 4 is 17.3 Å². The number of benzene rings is 1. The first-order valence-electron chi connectivity index (χ1n) is 7.46. The third-order valence-electron chi connectivity index (χ3n) is 4.22. The maximum Gasteiger partial charge on any atom is 0.228 e. The first kappa shape index (κ1) is 14.9. The van der Waals surface area contributed by atoms with Crippen LogP contribution in [0.4, 0.5) is 11.4 Å². The van der Waals surface area contributed by atoms with Gasteiger partial charge in [0.05, 0.1) is 11.4 Å². The number of rotatable bonds is 5. The third kappa shape index (κ3) is 3.31. The average molecular weight is 275 g/mol. The van der Waals surface area contributed by atoms with E-state index in [1.54, 1.807) is 0 Å². The molecule has 2 rings (SSSR count). The first-order valence-corrected chi connectivity index (χ1v) is 7.46. The Kier molecular flexibility index (Phi) is 5.01. The Morgan fingerprint density at radius 3 is 2.70 bits per heavy atom. The summed E-state index contributed by atoms with van der Waals surface area (Å²) in [7, 11) is 2.12. The van der Waals surface area contributed by atoms with Crippen LogP contribution in [0.3, 0.4) is 0 Å². The molecule has 1 amide bonds. The van der Waals surface area contributed by atoms with E-state index in [4.69, 9.17) is 5.73 Å². The molecule has 3 N–H and O–H groups in total. The van der Waals surface area contributed by atoms with Crippen LogP contribution in [0.1, 0.15) is 32.6 Å². The second kappa shape index (κ2) is 6.75. The molecule has 4 heteroatoms. The van der Waals surface area contributed by atoms with Crippen LogP contribution >= 0.6 is 0 Å². The van der Waals surface area contributed by atoms with Gasteiger partial charge in [0.2, 0.25) is 5.91 Å². The van der Waals surface area contributed by atoms with Crippen LogP contribution in [0.15, 0.2) is 24.3 Å². The number of para-hydroxylation sites is 2. The van der Waals surface area contributed by atoms with Crippen molar-refractivity contribution in [2.45, 2.75) is 38.6 Å². The topological polar surface area (TPSA) is 58.4 Å². The lowest BCUT2D eigenvalue weighted by atomic mass is 10.1. The van der Waals surface area contributed by atoms with E-state index < -0.39 is 0 Å². The standard InChI is InChI=1S/C16H25N3O/c1-12(11-17)16(20)18-14-9-5-6-10-15(14)19(2)13-7-3-4-8-13/h5-6,9-10,12-13H,3-4,7-8,11,17H2,1-2H3,(H,18,20). The highest BCUT2D eigenvalue weighted by atomic mass is 16.1. The van der Waals surface area contributed by atoms with Crippen LogP contribution in [-0.2, 0) is 4.79 Å². The summed E-state index contributed by atoms with van der Waals surface area (Å²) in [6.07, 6.45) is 5.07. The van der Waals surface area contributed by atoms with Crippen LogP contribution in [-0.4, -0.2) is 25.5 Å². The maximum absolute atomic E-state index is 12.0. The molecule has 0 radical (unpaired) electrons. The molecule has 1 aliphatic rings. The molecular formula is C16H25N3O. The third-order valence-corrected chi connectivity index (χ3v) is 4.22. The minimum absolute atomic E-state index is 0.0141. The van der Waals surface area contributed by atoms with Crippen LogP contribution in [0, 0.1) is 5.92 Å². The minimum Gasteiger partial charge on any atom is -0.370 e. The van der Waals surface area contributed by atoms with E-state index in [2.05, 4.69) is 23.3 Å². The lowest BCUT2D eigenvalue weighted by molar-refractivity contribution is -0.119. The first-order chi connectivity index (χ1) is 9.63. The monoisotopic (exact) mass is 275 g/mol. The van der Waals surface area contributed by atoms with E-state index in [0.29, 0.717) is 12.6 Å². The summed E-state index contributed by atoms with van der Waals surface area (Å²) in [5.74, 6) is -0.181. The molecule has 0 bridgehead atoms. The van der Waals surface area contributed by atoms with E-state index in [0.717, 1.165) is 11.4 Å². The number of hydrogen-bond acceptors (Lipinski definition) is 3. The Morgan fingerprint density at radius 2 is 2.05 bits per heavy atom. The van der Waals surface area contributed by atoms with Gasteiger partial charge < -0.3 is 16.0 Å². The van der Waals surface area contributed by atoms with Gasteiger partial charge in [-0.05, 0) is 25.0 Å². The van der Waals surface area contributed by atoms with Crippen molar-refractivity contribution in [1.29, 1.82) is 0 Å². The van der Waals surface area contributed by atoms with Gasteiger partial charge in [0, 0.05) is 25.6 Å². The van der Waals surface area contributed by atoms with Crippen molar-refractivity contribution in [2.75, 3.05) is 23.8 Å². The molecule has 1 atom stereocenters. The second-order valence-electron chi connectivity index (χ2n) is 5.69. The largest absolute Gasteiger partial charge is 0.370 e. The zero-order chi connectivity index (χ0) is 14.5. The number of nitrogens with one attached hydrogen (secondary N) is 1. The highest BCUT2D eigenvalue weighted by molar-refractivity contribution is 5.95. The molecule has 1 aromatic carbocycles. The van der Waals surface area contributed by atoms with Crippen molar-refractivity contribution in [3.63, 3.8) is 0 Å². The van der Waals surface area contributed by atoms with Crippen molar-refractivity contribution in [1.82, 2.24) is 0 Å². The van der Waals surface area contributed by atoms with Gasteiger partial charge in [0.1, 0.15) is 0 Å². The number of carbonyl (C=O) groups excluding carboxylic acids is 1. The molecule has 1 aliphatic carbocycles. The van der Waals surface area contributed by atoms with Crippen molar-refractivity contribution in [2.24, 2.45) is 11.7 Å². The van der Waals surface area contributed by atoms with Gasteiger partial charge >= 0.3 is 0 Å². The number of anilines is 2. The molecule has 1 fully saturated rings. The minimum atomic E-state index is -0.167. The number of amides is 1. The molecule has 20 heavy (non-hydrogen) atoms. The normalized spacial score (nSPS) is 16.9. The van der Waals surface area contributed by atoms with Crippen molar-refractivity contribution < 1.29 is 4.79 Å². The van der Waals surface area contributed by atoms with Crippen LogP contribution in [0.5, 0.6) is 0 Å². The Balaban J connectivity index is 2.15. The Morgan fingerprint density at radius 1 is 1.40 bits per heavy atom. The van der Waals surface area contributed by atoms with E-state index in [-0.39, 0.29) is 11.8 Å². The van der Waals surface area contributed by atoms with Crippen LogP contribution < -0.4 is 16.0 Å². The fourth-order valence-corrected chi connectivity index (χ4v) is 2.74. The molecular weight excluding hydrogens is 250 g/mol. The summed E-state index contributed by atoms with van der Waals surface area (Å²) in [6, 6.07) is 8.58. The molecule has 110 valence electrons.